The Hall–Kier alpha value is -0.120. The fourth-order valence-electron chi connectivity index (χ4n) is 1.77. The lowest BCUT2D eigenvalue weighted by atomic mass is 9.97. The van der Waals surface area contributed by atoms with Gasteiger partial charge in [0.05, 0.1) is 19.4 Å². The molecule has 0 radical (unpaired) electrons. The Bertz CT molecular complexity index is 314. The summed E-state index contributed by atoms with van der Waals surface area (Å²) in [5.41, 5.74) is -2.05. The molecule has 1 saturated heterocycles. The summed E-state index contributed by atoms with van der Waals surface area (Å²) in [6.07, 6.45) is -5.61. The number of rotatable bonds is 5. The number of aliphatic hydroxyl groups excluding tert-OH is 4. The van der Waals surface area contributed by atoms with Crippen molar-refractivity contribution < 1.29 is 43.9 Å². The van der Waals surface area contributed by atoms with Crippen molar-refractivity contribution in [3.63, 3.8) is 0 Å². The Morgan fingerprint density at radius 1 is 1.41 bits per heavy atom. The van der Waals surface area contributed by atoms with Gasteiger partial charge in [0, 0.05) is 0 Å². The van der Waals surface area contributed by atoms with Crippen LogP contribution in [0, 0.1) is 0 Å². The van der Waals surface area contributed by atoms with Crippen molar-refractivity contribution in [3.05, 3.63) is 0 Å². The molecule has 0 aromatic rings. The van der Waals surface area contributed by atoms with Crippen LogP contribution in [0.25, 0.3) is 0 Å². The third-order valence-electron chi connectivity index (χ3n) is 2.65. The van der Waals surface area contributed by atoms with Gasteiger partial charge >= 0.3 is 7.60 Å². The molecule has 1 aliphatic heterocycles. The van der Waals surface area contributed by atoms with Crippen LogP contribution in [-0.2, 0) is 14.0 Å². The van der Waals surface area contributed by atoms with Crippen molar-refractivity contribution in [3.8, 4) is 0 Å². The molecule has 8 nitrogen and oxygen atoms in total. The Morgan fingerprint density at radius 2 is 2.00 bits per heavy atom. The van der Waals surface area contributed by atoms with Crippen molar-refractivity contribution in [2.24, 2.45) is 0 Å². The highest BCUT2D eigenvalue weighted by atomic mass is 31.2. The lowest BCUT2D eigenvalue weighted by molar-refractivity contribution is -0.110. The van der Waals surface area contributed by atoms with Crippen LogP contribution in [-0.4, -0.2) is 68.6 Å². The van der Waals surface area contributed by atoms with E-state index >= 15 is 0 Å². The average molecular weight is 276 g/mol. The molecule has 5 N–H and O–H groups in total. The van der Waals surface area contributed by atoms with Gasteiger partial charge in [-0.2, -0.15) is 0 Å². The molecule has 0 spiro atoms. The van der Waals surface area contributed by atoms with E-state index in [0.29, 0.717) is 0 Å². The maximum atomic E-state index is 11.8. The second-order valence-corrected chi connectivity index (χ2v) is 5.59. The van der Waals surface area contributed by atoms with E-state index in [1.807, 2.05) is 0 Å². The SMILES string of the molecule is O=P(O)(C[C@@]1(CO)O[C@H](CO)[C@@H](O)[C@@H]1O)OF. The van der Waals surface area contributed by atoms with Gasteiger partial charge in [-0.3, -0.25) is 4.57 Å². The predicted octanol–water partition coefficient (Wildman–Crippen LogP) is -2.08. The van der Waals surface area contributed by atoms with E-state index in [4.69, 9.17) is 19.8 Å². The Labute approximate surface area is 95.7 Å². The summed E-state index contributed by atoms with van der Waals surface area (Å²) in [5.74, 6) is 0. The molecule has 1 aliphatic rings. The first-order valence-electron chi connectivity index (χ1n) is 4.70. The van der Waals surface area contributed by atoms with Crippen LogP contribution in [0.5, 0.6) is 0 Å². The maximum Gasteiger partial charge on any atom is 0.364 e. The number of ether oxygens (including phenoxy) is 1. The van der Waals surface area contributed by atoms with Crippen LogP contribution in [0.15, 0.2) is 0 Å². The highest BCUT2D eigenvalue weighted by Crippen LogP contribution is 2.49. The van der Waals surface area contributed by atoms with Crippen LogP contribution < -0.4 is 0 Å². The van der Waals surface area contributed by atoms with Crippen molar-refractivity contribution in [1.82, 2.24) is 0 Å². The van der Waals surface area contributed by atoms with E-state index in [-0.39, 0.29) is 0 Å². The molecular formula is C7H14FO8P. The van der Waals surface area contributed by atoms with Crippen molar-refractivity contribution in [2.75, 3.05) is 19.4 Å². The Balaban J connectivity index is 2.94. The standard InChI is InChI=1S/C7H14FO8P/c8-16-17(13,14)3-7(2-10)6(12)5(11)4(1-9)15-7/h4-6,9-12H,1-3H2,(H,13,14)/t4-,5-,6+,7-/m1/s1. The van der Waals surface area contributed by atoms with E-state index in [1.54, 1.807) is 0 Å². The largest absolute Gasteiger partial charge is 0.394 e. The van der Waals surface area contributed by atoms with E-state index in [1.165, 1.54) is 0 Å². The average Bonchev–Trinajstić information content (AvgIpc) is 2.54. The van der Waals surface area contributed by atoms with Gasteiger partial charge in [-0.05, 0) is 4.53 Å². The van der Waals surface area contributed by atoms with Crippen LogP contribution in [0.1, 0.15) is 0 Å². The second-order valence-electron chi connectivity index (χ2n) is 3.86. The first-order valence-corrected chi connectivity index (χ1v) is 6.46. The molecule has 102 valence electrons. The monoisotopic (exact) mass is 276 g/mol. The zero-order valence-corrected chi connectivity index (χ0v) is 9.53. The molecule has 1 fully saturated rings. The van der Waals surface area contributed by atoms with Gasteiger partial charge in [-0.1, -0.05) is 0 Å². The van der Waals surface area contributed by atoms with Crippen molar-refractivity contribution in [2.45, 2.75) is 23.9 Å². The highest BCUT2D eigenvalue weighted by Gasteiger charge is 2.56. The van der Waals surface area contributed by atoms with Crippen LogP contribution >= 0.6 is 7.60 Å². The smallest absolute Gasteiger partial charge is 0.364 e. The molecule has 10 heteroatoms. The molecule has 0 aromatic heterocycles. The zero-order chi connectivity index (χ0) is 13.3. The van der Waals surface area contributed by atoms with Gasteiger partial charge in [0.15, 0.2) is 0 Å². The van der Waals surface area contributed by atoms with Crippen LogP contribution in [0.2, 0.25) is 0 Å². The maximum absolute atomic E-state index is 11.8. The minimum Gasteiger partial charge on any atom is -0.394 e. The minimum atomic E-state index is -4.71. The summed E-state index contributed by atoms with van der Waals surface area (Å²) in [6, 6.07) is 0. The lowest BCUT2D eigenvalue weighted by Gasteiger charge is -2.30. The number of halogens is 1. The molecule has 1 rings (SSSR count). The molecule has 0 bridgehead atoms. The first kappa shape index (κ1) is 14.9. The van der Waals surface area contributed by atoms with E-state index < -0.39 is 50.9 Å². The molecule has 0 saturated carbocycles. The van der Waals surface area contributed by atoms with E-state index in [0.717, 1.165) is 0 Å². The summed E-state index contributed by atoms with van der Waals surface area (Å²) >= 11 is 0. The van der Waals surface area contributed by atoms with Crippen LogP contribution in [0.4, 0.5) is 4.53 Å². The second kappa shape index (κ2) is 5.25. The summed E-state index contributed by atoms with van der Waals surface area (Å²) in [6.45, 7) is -1.62. The van der Waals surface area contributed by atoms with Crippen molar-refractivity contribution >= 4 is 7.60 Å². The minimum absolute atomic E-state index is 0.674. The van der Waals surface area contributed by atoms with E-state index in [2.05, 4.69) is 4.73 Å². The predicted molar refractivity (Wildman–Crippen MR) is 50.7 cm³/mol. The van der Waals surface area contributed by atoms with Gasteiger partial charge < -0.3 is 30.1 Å². The molecule has 0 aliphatic carbocycles. The molecule has 5 atom stereocenters. The third-order valence-corrected chi connectivity index (χ3v) is 3.80. The van der Waals surface area contributed by atoms with Crippen molar-refractivity contribution in [1.29, 1.82) is 0 Å². The summed E-state index contributed by atoms with van der Waals surface area (Å²) < 4.78 is 30.6. The lowest BCUT2D eigenvalue weighted by Crippen LogP contribution is -2.49. The molecular weight excluding hydrogens is 262 g/mol. The summed E-state index contributed by atoms with van der Waals surface area (Å²) in [4.78, 5) is 8.95. The first-order chi connectivity index (χ1) is 7.82. The number of hydrogen-bond acceptors (Lipinski definition) is 7. The molecule has 0 amide bonds. The van der Waals surface area contributed by atoms with Gasteiger partial charge in [0.1, 0.15) is 23.9 Å². The van der Waals surface area contributed by atoms with Gasteiger partial charge in [0.2, 0.25) is 0 Å². The summed E-state index contributed by atoms with van der Waals surface area (Å²) in [5, 5.41) is 37.0. The third kappa shape index (κ3) is 2.83. The summed E-state index contributed by atoms with van der Waals surface area (Å²) in [7, 11) is -4.71. The Kier molecular flexibility index (Phi) is 4.61. The normalized spacial score (nSPS) is 41.4. The molecule has 1 heterocycles. The topological polar surface area (TPSA) is 137 Å². The molecule has 17 heavy (non-hydrogen) atoms. The fourth-order valence-corrected chi connectivity index (χ4v) is 2.86. The molecule has 1 unspecified atom stereocenters. The highest BCUT2D eigenvalue weighted by molar-refractivity contribution is 7.52. The Morgan fingerprint density at radius 3 is 2.35 bits per heavy atom. The number of aliphatic hydroxyl groups is 4. The van der Waals surface area contributed by atoms with Gasteiger partial charge in [-0.15, -0.1) is 4.73 Å². The quantitative estimate of drug-likeness (QED) is 0.361. The van der Waals surface area contributed by atoms with E-state index in [9.17, 15) is 19.3 Å². The van der Waals surface area contributed by atoms with Gasteiger partial charge in [0.25, 0.3) is 0 Å². The van der Waals surface area contributed by atoms with Gasteiger partial charge in [-0.25, -0.2) is 0 Å². The van der Waals surface area contributed by atoms with Crippen LogP contribution in [0.3, 0.4) is 0 Å². The number of hydrogen-bond donors (Lipinski definition) is 5. The zero-order valence-electron chi connectivity index (χ0n) is 8.64. The fraction of sp³-hybridized carbons (Fsp3) is 1.00. The molecule has 0 aromatic carbocycles.